The summed E-state index contributed by atoms with van der Waals surface area (Å²) < 4.78 is 31.5. The number of rotatable bonds is 4. The summed E-state index contributed by atoms with van der Waals surface area (Å²) in [5, 5.41) is 7.38. The number of aryl methyl sites for hydroxylation is 1. The lowest BCUT2D eigenvalue weighted by Crippen LogP contribution is -2.11. The van der Waals surface area contributed by atoms with Gasteiger partial charge in [0.25, 0.3) is 0 Å². The van der Waals surface area contributed by atoms with Crippen molar-refractivity contribution in [1.82, 2.24) is 0 Å². The number of nitrogens with one attached hydrogen (secondary N) is 1. The first kappa shape index (κ1) is 14.0. The molecule has 5 heteroatoms. The van der Waals surface area contributed by atoms with Crippen molar-refractivity contribution in [2.24, 2.45) is 5.73 Å². The normalized spacial score (nSPS) is 10.3. The van der Waals surface area contributed by atoms with Crippen molar-refractivity contribution in [2.75, 3.05) is 0 Å². The molecule has 2 aromatic rings. The van der Waals surface area contributed by atoms with Crippen LogP contribution in [-0.4, -0.2) is 5.84 Å². The van der Waals surface area contributed by atoms with E-state index in [1.807, 2.05) is 6.92 Å². The van der Waals surface area contributed by atoms with Crippen molar-refractivity contribution in [3.8, 4) is 5.75 Å². The van der Waals surface area contributed by atoms with Gasteiger partial charge in [0.15, 0.2) is 11.6 Å². The van der Waals surface area contributed by atoms with Crippen LogP contribution >= 0.6 is 0 Å². The van der Waals surface area contributed by atoms with Crippen molar-refractivity contribution in [2.45, 2.75) is 13.5 Å². The van der Waals surface area contributed by atoms with Gasteiger partial charge in [-0.15, -0.1) is 0 Å². The van der Waals surface area contributed by atoms with E-state index in [1.165, 1.54) is 6.07 Å². The Balaban J connectivity index is 2.15. The van der Waals surface area contributed by atoms with Crippen molar-refractivity contribution < 1.29 is 13.5 Å². The number of halogens is 2. The van der Waals surface area contributed by atoms with Crippen LogP contribution < -0.4 is 10.5 Å². The number of nitrogen functional groups attached to an aromatic ring is 1. The molecule has 20 heavy (non-hydrogen) atoms. The molecule has 104 valence electrons. The molecule has 0 amide bonds. The Hall–Kier alpha value is -2.43. The van der Waals surface area contributed by atoms with E-state index >= 15 is 0 Å². The predicted octanol–water partition coefficient (Wildman–Crippen LogP) is 3.14. The molecule has 0 saturated heterocycles. The summed E-state index contributed by atoms with van der Waals surface area (Å²) in [6.45, 7) is 1.96. The molecule has 2 aromatic carbocycles. The lowest BCUT2D eigenvalue weighted by molar-refractivity contribution is 0.303. The van der Waals surface area contributed by atoms with Gasteiger partial charge in [0.2, 0.25) is 0 Å². The van der Waals surface area contributed by atoms with Crippen LogP contribution in [0.25, 0.3) is 0 Å². The molecule has 0 aliphatic rings. The van der Waals surface area contributed by atoms with Gasteiger partial charge in [-0.1, -0.05) is 18.2 Å². The zero-order valence-corrected chi connectivity index (χ0v) is 10.9. The maximum atomic E-state index is 13.1. The summed E-state index contributed by atoms with van der Waals surface area (Å²) in [5.41, 5.74) is 7.36. The molecule has 0 fully saturated rings. The van der Waals surface area contributed by atoms with Gasteiger partial charge in [0, 0.05) is 5.56 Å². The minimum absolute atomic E-state index is 0.0531. The molecular weight excluding hydrogens is 262 g/mol. The van der Waals surface area contributed by atoms with Crippen molar-refractivity contribution in [1.29, 1.82) is 5.41 Å². The number of nitrogens with two attached hydrogens (primary N) is 1. The number of hydrogen-bond donors (Lipinski definition) is 2. The van der Waals surface area contributed by atoms with Crippen LogP contribution in [0.2, 0.25) is 0 Å². The smallest absolute Gasteiger partial charge is 0.159 e. The van der Waals surface area contributed by atoms with Crippen molar-refractivity contribution in [3.05, 3.63) is 64.7 Å². The third-order valence-electron chi connectivity index (χ3n) is 2.88. The van der Waals surface area contributed by atoms with Gasteiger partial charge >= 0.3 is 0 Å². The van der Waals surface area contributed by atoms with Gasteiger partial charge in [0.1, 0.15) is 18.2 Å². The molecule has 0 unspecified atom stereocenters. The molecule has 3 N–H and O–H groups in total. The van der Waals surface area contributed by atoms with E-state index in [0.717, 1.165) is 17.7 Å². The van der Waals surface area contributed by atoms with E-state index in [-0.39, 0.29) is 12.4 Å². The van der Waals surface area contributed by atoms with Gasteiger partial charge in [-0.25, -0.2) is 8.78 Å². The third-order valence-corrected chi connectivity index (χ3v) is 2.88. The molecule has 3 nitrogen and oxygen atoms in total. The van der Waals surface area contributed by atoms with Crippen LogP contribution in [0, 0.1) is 24.0 Å². The van der Waals surface area contributed by atoms with E-state index in [1.54, 1.807) is 18.2 Å². The minimum Gasteiger partial charge on any atom is -0.489 e. The molecule has 0 aliphatic heterocycles. The quantitative estimate of drug-likeness (QED) is 0.665. The van der Waals surface area contributed by atoms with E-state index in [2.05, 4.69) is 0 Å². The van der Waals surface area contributed by atoms with Gasteiger partial charge in [-0.3, -0.25) is 5.41 Å². The molecule has 0 saturated carbocycles. The number of hydrogen-bond acceptors (Lipinski definition) is 2. The Morgan fingerprint density at radius 2 is 1.90 bits per heavy atom. The number of ether oxygens (including phenoxy) is 1. The van der Waals surface area contributed by atoms with E-state index in [9.17, 15) is 8.78 Å². The highest BCUT2D eigenvalue weighted by Crippen LogP contribution is 2.21. The topological polar surface area (TPSA) is 59.1 Å². The minimum atomic E-state index is -0.902. The average molecular weight is 276 g/mol. The summed E-state index contributed by atoms with van der Waals surface area (Å²) in [7, 11) is 0. The lowest BCUT2D eigenvalue weighted by Gasteiger charge is -2.11. The molecule has 0 aromatic heterocycles. The largest absolute Gasteiger partial charge is 0.489 e. The Morgan fingerprint density at radius 1 is 1.15 bits per heavy atom. The van der Waals surface area contributed by atoms with Gasteiger partial charge < -0.3 is 10.5 Å². The van der Waals surface area contributed by atoms with Gasteiger partial charge in [-0.2, -0.15) is 0 Å². The Bertz CT molecular complexity index is 656. The molecule has 0 radical (unpaired) electrons. The fourth-order valence-electron chi connectivity index (χ4n) is 1.71. The zero-order chi connectivity index (χ0) is 14.7. The zero-order valence-electron chi connectivity index (χ0n) is 10.9. The second kappa shape index (κ2) is 5.69. The lowest BCUT2D eigenvalue weighted by atomic mass is 10.1. The SMILES string of the molecule is Cc1ccc(C(=N)N)cc1OCc1ccc(F)c(F)c1. The highest BCUT2D eigenvalue weighted by atomic mass is 19.2. The second-order valence-corrected chi connectivity index (χ2v) is 4.43. The summed E-state index contributed by atoms with van der Waals surface area (Å²) in [6, 6.07) is 8.78. The highest BCUT2D eigenvalue weighted by molar-refractivity contribution is 5.95. The maximum absolute atomic E-state index is 13.1. The Labute approximate surface area is 115 Å². The first-order valence-electron chi connectivity index (χ1n) is 5.99. The average Bonchev–Trinajstić information content (AvgIpc) is 2.41. The fourth-order valence-corrected chi connectivity index (χ4v) is 1.71. The summed E-state index contributed by atoms with van der Waals surface area (Å²) in [6.07, 6.45) is 0. The first-order chi connectivity index (χ1) is 9.47. The second-order valence-electron chi connectivity index (χ2n) is 4.43. The molecule has 0 aliphatic carbocycles. The fraction of sp³-hybridized carbons (Fsp3) is 0.133. The summed E-state index contributed by atoms with van der Waals surface area (Å²) in [4.78, 5) is 0. The van der Waals surface area contributed by atoms with Crippen LogP contribution in [-0.2, 0) is 6.61 Å². The standard InChI is InChI=1S/C15H14F2N2O/c1-9-2-4-11(15(18)19)7-14(9)20-8-10-3-5-12(16)13(17)6-10/h2-7H,8H2,1H3,(H3,18,19). The van der Waals surface area contributed by atoms with Crippen LogP contribution in [0.5, 0.6) is 5.75 Å². The van der Waals surface area contributed by atoms with Crippen LogP contribution in [0.4, 0.5) is 8.78 Å². The third kappa shape index (κ3) is 3.12. The first-order valence-corrected chi connectivity index (χ1v) is 5.99. The number of benzene rings is 2. The molecule has 0 atom stereocenters. The monoisotopic (exact) mass is 276 g/mol. The van der Waals surface area contributed by atoms with E-state index in [0.29, 0.717) is 16.9 Å². The highest BCUT2D eigenvalue weighted by Gasteiger charge is 2.06. The van der Waals surface area contributed by atoms with Gasteiger partial charge in [-0.05, 0) is 36.2 Å². The molecular formula is C15H14F2N2O. The Morgan fingerprint density at radius 3 is 2.55 bits per heavy atom. The predicted molar refractivity (Wildman–Crippen MR) is 72.9 cm³/mol. The molecule has 0 bridgehead atoms. The van der Waals surface area contributed by atoms with E-state index < -0.39 is 11.6 Å². The summed E-state index contributed by atoms with van der Waals surface area (Å²) in [5.74, 6) is -1.28. The molecule has 0 heterocycles. The van der Waals surface area contributed by atoms with Crippen LogP contribution in [0.15, 0.2) is 36.4 Å². The van der Waals surface area contributed by atoms with Crippen LogP contribution in [0.3, 0.4) is 0 Å². The summed E-state index contributed by atoms with van der Waals surface area (Å²) >= 11 is 0. The van der Waals surface area contributed by atoms with Crippen molar-refractivity contribution in [3.63, 3.8) is 0 Å². The van der Waals surface area contributed by atoms with E-state index in [4.69, 9.17) is 15.9 Å². The molecule has 0 spiro atoms. The Kier molecular flexibility index (Phi) is 3.98. The van der Waals surface area contributed by atoms with Crippen LogP contribution in [0.1, 0.15) is 16.7 Å². The van der Waals surface area contributed by atoms with Gasteiger partial charge in [0.05, 0.1) is 0 Å². The molecule has 2 rings (SSSR count). The van der Waals surface area contributed by atoms with Crippen molar-refractivity contribution >= 4 is 5.84 Å². The number of amidine groups is 1. The maximum Gasteiger partial charge on any atom is 0.159 e.